The van der Waals surface area contributed by atoms with Crippen molar-refractivity contribution in [2.24, 2.45) is 10.9 Å². The molecule has 3 N–H and O–H groups in total. The summed E-state index contributed by atoms with van der Waals surface area (Å²) in [5.74, 6) is 1.36. The first-order valence-electron chi connectivity index (χ1n) is 10.8. The standard InChI is InChI=1S/C20H39N5O2.HI/c1-4-21-19(22-12-8-14-25-13-7-6-9-16(25)3)23-15-18(17-10-11-17)24-20(26)27-5-2;/h16-18H,4-15H2,1-3H3,(H,24,26)(H2,21,22,23);1H. The van der Waals surface area contributed by atoms with Crippen molar-refractivity contribution >= 4 is 36.0 Å². The molecule has 2 rings (SSSR count). The van der Waals surface area contributed by atoms with Crippen LogP contribution in [0.4, 0.5) is 4.79 Å². The smallest absolute Gasteiger partial charge is 0.407 e. The van der Waals surface area contributed by atoms with Crippen molar-refractivity contribution in [2.75, 3.05) is 39.3 Å². The van der Waals surface area contributed by atoms with Gasteiger partial charge in [0.1, 0.15) is 0 Å². The number of hydrogen-bond donors (Lipinski definition) is 3. The van der Waals surface area contributed by atoms with E-state index < -0.39 is 0 Å². The van der Waals surface area contributed by atoms with Gasteiger partial charge in [0.2, 0.25) is 0 Å². The third-order valence-corrected chi connectivity index (χ3v) is 5.42. The Morgan fingerprint density at radius 2 is 2.00 bits per heavy atom. The number of nitrogens with zero attached hydrogens (tertiary/aromatic N) is 2. The van der Waals surface area contributed by atoms with E-state index in [1.54, 1.807) is 0 Å². The Balaban J connectivity index is 0.00000392. The van der Waals surface area contributed by atoms with Crippen LogP contribution in [0.5, 0.6) is 0 Å². The molecule has 7 nitrogen and oxygen atoms in total. The maximum atomic E-state index is 11.7. The van der Waals surface area contributed by atoms with Crippen molar-refractivity contribution < 1.29 is 9.53 Å². The molecule has 1 amide bonds. The summed E-state index contributed by atoms with van der Waals surface area (Å²) in [6, 6.07) is 0.780. The Bertz CT molecular complexity index is 474. The van der Waals surface area contributed by atoms with E-state index in [9.17, 15) is 4.79 Å². The molecule has 0 aromatic heterocycles. The normalized spacial score (nSPS) is 21.4. The Morgan fingerprint density at radius 1 is 1.21 bits per heavy atom. The monoisotopic (exact) mass is 509 g/mol. The fourth-order valence-corrected chi connectivity index (χ4v) is 3.65. The summed E-state index contributed by atoms with van der Waals surface area (Å²) in [6.45, 7) is 11.3. The van der Waals surface area contributed by atoms with Gasteiger partial charge in [-0.25, -0.2) is 4.79 Å². The third-order valence-electron chi connectivity index (χ3n) is 5.42. The van der Waals surface area contributed by atoms with Crippen LogP contribution >= 0.6 is 24.0 Å². The highest BCUT2D eigenvalue weighted by atomic mass is 127. The first kappa shape index (κ1) is 25.3. The van der Waals surface area contributed by atoms with E-state index in [1.165, 1.54) is 25.8 Å². The Hall–Kier alpha value is -0.770. The molecule has 1 aliphatic carbocycles. The zero-order valence-corrected chi connectivity index (χ0v) is 20.2. The molecule has 1 saturated carbocycles. The lowest BCUT2D eigenvalue weighted by Gasteiger charge is -2.33. The number of likely N-dealkylation sites (tertiary alicyclic amines) is 1. The van der Waals surface area contributed by atoms with Gasteiger partial charge in [0.15, 0.2) is 5.96 Å². The van der Waals surface area contributed by atoms with Crippen molar-refractivity contribution in [3.05, 3.63) is 0 Å². The van der Waals surface area contributed by atoms with Crippen LogP contribution in [0.2, 0.25) is 0 Å². The molecule has 2 unspecified atom stereocenters. The zero-order chi connectivity index (χ0) is 19.5. The molecular formula is C20H40IN5O2. The molecule has 1 aliphatic heterocycles. The van der Waals surface area contributed by atoms with E-state index in [1.807, 2.05) is 6.92 Å². The van der Waals surface area contributed by atoms with Gasteiger partial charge in [-0.2, -0.15) is 0 Å². The van der Waals surface area contributed by atoms with E-state index >= 15 is 0 Å². The second-order valence-corrected chi connectivity index (χ2v) is 7.69. The molecule has 0 aromatic carbocycles. The van der Waals surface area contributed by atoms with Gasteiger partial charge in [0, 0.05) is 25.7 Å². The summed E-state index contributed by atoms with van der Waals surface area (Å²) < 4.78 is 5.02. The Morgan fingerprint density at radius 3 is 2.64 bits per heavy atom. The zero-order valence-electron chi connectivity index (χ0n) is 17.8. The highest BCUT2D eigenvalue weighted by Gasteiger charge is 2.32. The van der Waals surface area contributed by atoms with E-state index in [0.29, 0.717) is 25.1 Å². The molecule has 0 aromatic rings. The number of amides is 1. The lowest BCUT2D eigenvalue weighted by molar-refractivity contribution is 0.147. The topological polar surface area (TPSA) is 78.0 Å². The lowest BCUT2D eigenvalue weighted by Crippen LogP contribution is -2.43. The predicted octanol–water partition coefficient (Wildman–Crippen LogP) is 2.95. The highest BCUT2D eigenvalue weighted by Crippen LogP contribution is 2.32. The molecule has 28 heavy (non-hydrogen) atoms. The minimum absolute atomic E-state index is 0. The van der Waals surface area contributed by atoms with Crippen LogP contribution < -0.4 is 16.0 Å². The molecule has 1 saturated heterocycles. The van der Waals surface area contributed by atoms with Crippen LogP contribution in [-0.2, 0) is 4.74 Å². The molecule has 8 heteroatoms. The van der Waals surface area contributed by atoms with Gasteiger partial charge in [-0.15, -0.1) is 24.0 Å². The number of carbonyl (C=O) groups is 1. The van der Waals surface area contributed by atoms with Crippen LogP contribution in [0, 0.1) is 5.92 Å². The minimum atomic E-state index is -0.335. The fraction of sp³-hybridized carbons (Fsp3) is 0.900. The first-order valence-corrected chi connectivity index (χ1v) is 10.8. The van der Waals surface area contributed by atoms with E-state index in [2.05, 4.69) is 34.7 Å². The van der Waals surface area contributed by atoms with Crippen molar-refractivity contribution in [3.8, 4) is 0 Å². The second-order valence-electron chi connectivity index (χ2n) is 7.69. The fourth-order valence-electron chi connectivity index (χ4n) is 3.65. The van der Waals surface area contributed by atoms with Crippen LogP contribution in [-0.4, -0.2) is 68.4 Å². The lowest BCUT2D eigenvalue weighted by atomic mass is 10.0. The number of rotatable bonds is 10. The number of halogens is 1. The predicted molar refractivity (Wildman–Crippen MR) is 126 cm³/mol. The molecular weight excluding hydrogens is 469 g/mol. The van der Waals surface area contributed by atoms with Crippen LogP contribution in [0.1, 0.15) is 59.3 Å². The second kappa shape index (κ2) is 14.3. The van der Waals surface area contributed by atoms with E-state index in [4.69, 9.17) is 9.73 Å². The molecule has 0 spiro atoms. The first-order chi connectivity index (χ1) is 13.1. The van der Waals surface area contributed by atoms with Gasteiger partial charge >= 0.3 is 6.09 Å². The number of ether oxygens (including phenoxy) is 1. The maximum Gasteiger partial charge on any atom is 0.407 e. The number of alkyl carbamates (subject to hydrolysis) is 1. The largest absolute Gasteiger partial charge is 0.450 e. The quantitative estimate of drug-likeness (QED) is 0.183. The Labute approximate surface area is 187 Å². The van der Waals surface area contributed by atoms with E-state index in [-0.39, 0.29) is 36.1 Å². The summed E-state index contributed by atoms with van der Waals surface area (Å²) >= 11 is 0. The average molecular weight is 509 g/mol. The van der Waals surface area contributed by atoms with Crippen molar-refractivity contribution in [1.82, 2.24) is 20.9 Å². The van der Waals surface area contributed by atoms with Gasteiger partial charge in [0.25, 0.3) is 0 Å². The van der Waals surface area contributed by atoms with E-state index in [0.717, 1.165) is 44.9 Å². The van der Waals surface area contributed by atoms with Crippen molar-refractivity contribution in [3.63, 3.8) is 0 Å². The third kappa shape index (κ3) is 9.62. The average Bonchev–Trinajstić information content (AvgIpc) is 3.48. The number of piperidine rings is 1. The molecule has 164 valence electrons. The summed E-state index contributed by atoms with van der Waals surface area (Å²) in [7, 11) is 0. The minimum Gasteiger partial charge on any atom is -0.450 e. The number of hydrogen-bond acceptors (Lipinski definition) is 4. The number of nitrogens with one attached hydrogen (secondary N) is 3. The number of aliphatic imine (C=N–C) groups is 1. The van der Waals surface area contributed by atoms with Crippen molar-refractivity contribution in [1.29, 1.82) is 0 Å². The highest BCUT2D eigenvalue weighted by molar-refractivity contribution is 14.0. The summed E-state index contributed by atoms with van der Waals surface area (Å²) in [5.41, 5.74) is 0. The summed E-state index contributed by atoms with van der Waals surface area (Å²) in [4.78, 5) is 19.0. The van der Waals surface area contributed by atoms with Crippen LogP contribution in [0.25, 0.3) is 0 Å². The molecule has 2 atom stereocenters. The van der Waals surface area contributed by atoms with Gasteiger partial charge in [-0.1, -0.05) is 6.42 Å². The number of carbonyl (C=O) groups excluding carboxylic acids is 1. The molecule has 0 radical (unpaired) electrons. The van der Waals surface area contributed by atoms with Crippen molar-refractivity contribution in [2.45, 2.75) is 71.4 Å². The van der Waals surface area contributed by atoms with Crippen LogP contribution in [0.3, 0.4) is 0 Å². The maximum absolute atomic E-state index is 11.7. The SMILES string of the molecule is CCNC(=NCC(NC(=O)OCC)C1CC1)NCCCN1CCCCC1C.I. The van der Waals surface area contributed by atoms with Gasteiger partial charge in [-0.05, 0) is 65.3 Å². The summed E-state index contributed by atoms with van der Waals surface area (Å²) in [5, 5.41) is 9.70. The molecule has 1 heterocycles. The number of guanidine groups is 1. The molecule has 2 aliphatic rings. The molecule has 0 bridgehead atoms. The molecule has 2 fully saturated rings. The van der Waals surface area contributed by atoms with Gasteiger partial charge in [0.05, 0.1) is 19.2 Å². The summed E-state index contributed by atoms with van der Waals surface area (Å²) in [6.07, 6.45) is 7.12. The van der Waals surface area contributed by atoms with Gasteiger partial charge < -0.3 is 25.6 Å². The van der Waals surface area contributed by atoms with Crippen LogP contribution in [0.15, 0.2) is 4.99 Å². The van der Waals surface area contributed by atoms with Gasteiger partial charge in [-0.3, -0.25) is 4.99 Å². The Kier molecular flexibility index (Phi) is 12.9.